The van der Waals surface area contributed by atoms with Crippen LogP contribution >= 0.6 is 57.5 Å². The molecule has 5 heterocycles. The SMILES string of the molecule is Nc1nc(C(=NOCF)C(=O)NC2C(=O)N3C(C(=O)O)=C(C=CSc4cc(=O)c5sccc5s4)CS[C@H]23)cs1. The molecule has 0 spiro atoms. The van der Waals surface area contributed by atoms with Crippen LogP contribution in [-0.2, 0) is 19.2 Å². The van der Waals surface area contributed by atoms with E-state index in [1.54, 1.807) is 17.6 Å². The largest absolute Gasteiger partial charge is 0.477 e. The van der Waals surface area contributed by atoms with E-state index in [1.165, 1.54) is 51.6 Å². The number of fused-ring (bicyclic) bond motifs is 2. The highest BCUT2D eigenvalue weighted by molar-refractivity contribution is 8.04. The molecule has 3 aromatic heterocycles. The molecule has 1 unspecified atom stereocenters. The van der Waals surface area contributed by atoms with Crippen molar-refractivity contribution in [2.45, 2.75) is 15.6 Å². The van der Waals surface area contributed by atoms with Crippen molar-refractivity contribution >= 4 is 95.6 Å². The first-order valence-corrected chi connectivity index (χ1v) is 15.3. The fourth-order valence-corrected chi connectivity index (χ4v) is 8.58. The lowest BCUT2D eigenvalue weighted by Crippen LogP contribution is -2.71. The average Bonchev–Trinajstić information content (AvgIpc) is 3.56. The van der Waals surface area contributed by atoms with Crippen molar-refractivity contribution < 1.29 is 28.7 Å². The minimum absolute atomic E-state index is 0.0441. The maximum atomic E-state index is 13.0. The highest BCUT2D eigenvalue weighted by Gasteiger charge is 2.54. The molecule has 0 aliphatic carbocycles. The van der Waals surface area contributed by atoms with Crippen LogP contribution in [-0.4, -0.2) is 62.5 Å². The number of thiazole rings is 1. The summed E-state index contributed by atoms with van der Waals surface area (Å²) in [7, 11) is 0. The topological polar surface area (TPSA) is 164 Å². The van der Waals surface area contributed by atoms with Crippen LogP contribution in [0.25, 0.3) is 9.40 Å². The maximum Gasteiger partial charge on any atom is 0.352 e. The van der Waals surface area contributed by atoms with E-state index in [2.05, 4.69) is 20.3 Å². The molecule has 202 valence electrons. The van der Waals surface area contributed by atoms with Gasteiger partial charge >= 0.3 is 5.97 Å². The quantitative estimate of drug-likeness (QED) is 0.139. The molecule has 11 nitrogen and oxygen atoms in total. The van der Waals surface area contributed by atoms with Gasteiger partial charge in [0, 0.05) is 17.2 Å². The van der Waals surface area contributed by atoms with Gasteiger partial charge in [0.2, 0.25) is 0 Å². The smallest absolute Gasteiger partial charge is 0.352 e. The molecule has 5 rings (SSSR count). The first-order chi connectivity index (χ1) is 18.8. The third-order valence-electron chi connectivity index (χ3n) is 5.44. The molecule has 2 aliphatic heterocycles. The second-order valence-electron chi connectivity index (χ2n) is 7.75. The number of aromatic nitrogens is 1. The number of β-lactam (4-membered cyclic amide) rings is 1. The Balaban J connectivity index is 1.31. The summed E-state index contributed by atoms with van der Waals surface area (Å²) >= 11 is 6.43. The number of thioether (sulfide) groups is 2. The lowest BCUT2D eigenvalue weighted by atomic mass is 10.0. The predicted molar refractivity (Wildman–Crippen MR) is 151 cm³/mol. The van der Waals surface area contributed by atoms with Gasteiger partial charge in [-0.2, -0.15) is 0 Å². The van der Waals surface area contributed by atoms with Gasteiger partial charge in [-0.25, -0.2) is 14.2 Å². The molecule has 3 aromatic rings. The Morgan fingerprint density at radius 1 is 1.38 bits per heavy atom. The summed E-state index contributed by atoms with van der Waals surface area (Å²) in [6, 6.07) is 2.37. The predicted octanol–water partition coefficient (Wildman–Crippen LogP) is 3.05. The van der Waals surface area contributed by atoms with Gasteiger partial charge in [0.15, 0.2) is 16.3 Å². The first-order valence-electron chi connectivity index (χ1n) is 10.8. The summed E-state index contributed by atoms with van der Waals surface area (Å²) < 4.78 is 14.8. The number of aliphatic carboxylic acids is 1. The minimum atomic E-state index is -1.29. The number of allylic oxidation sites excluding steroid dienone is 1. The zero-order valence-corrected chi connectivity index (χ0v) is 23.4. The van der Waals surface area contributed by atoms with Gasteiger partial charge in [0.1, 0.15) is 22.8 Å². The number of nitrogens with two attached hydrogens (primary N) is 1. The lowest BCUT2D eigenvalue weighted by molar-refractivity contribution is -0.150. The molecule has 0 aromatic carbocycles. The number of alkyl halides is 1. The third kappa shape index (κ3) is 5.44. The van der Waals surface area contributed by atoms with E-state index in [-0.39, 0.29) is 33.4 Å². The summed E-state index contributed by atoms with van der Waals surface area (Å²) in [5, 5.41) is 20.3. The summed E-state index contributed by atoms with van der Waals surface area (Å²) in [5.41, 5.74) is 5.43. The maximum absolute atomic E-state index is 13.0. The number of hydrogen-bond acceptors (Lipinski definition) is 13. The van der Waals surface area contributed by atoms with Crippen molar-refractivity contribution in [3.63, 3.8) is 0 Å². The molecule has 39 heavy (non-hydrogen) atoms. The van der Waals surface area contributed by atoms with Crippen molar-refractivity contribution in [2.75, 3.05) is 18.3 Å². The molecule has 17 heteroatoms. The van der Waals surface area contributed by atoms with E-state index in [0.29, 0.717) is 10.3 Å². The number of carboxylic acids is 1. The number of halogens is 1. The van der Waals surface area contributed by atoms with E-state index < -0.39 is 36.1 Å². The van der Waals surface area contributed by atoms with E-state index in [0.717, 1.165) is 25.1 Å². The van der Waals surface area contributed by atoms with Crippen molar-refractivity contribution in [2.24, 2.45) is 5.16 Å². The number of carbonyl (C=O) groups is 3. The highest BCUT2D eigenvalue weighted by Crippen LogP contribution is 2.41. The Morgan fingerprint density at radius 3 is 2.92 bits per heavy atom. The van der Waals surface area contributed by atoms with Gasteiger partial charge in [0.05, 0.1) is 13.6 Å². The zero-order chi connectivity index (χ0) is 27.7. The summed E-state index contributed by atoms with van der Waals surface area (Å²) in [6.45, 7) is -1.28. The first kappa shape index (κ1) is 27.3. The van der Waals surface area contributed by atoms with Crippen LogP contribution in [0.15, 0.2) is 59.8 Å². The normalized spacial score (nSPS) is 19.4. The Morgan fingerprint density at radius 2 is 2.21 bits per heavy atom. The fraction of sp³-hybridized carbons (Fsp3) is 0.182. The summed E-state index contributed by atoms with van der Waals surface area (Å²) in [5.74, 6) is -2.50. The number of hydrogen-bond donors (Lipinski definition) is 3. The fourth-order valence-electron chi connectivity index (χ4n) is 3.78. The molecule has 1 fully saturated rings. The number of anilines is 1. The van der Waals surface area contributed by atoms with E-state index in [9.17, 15) is 28.7 Å². The molecule has 0 bridgehead atoms. The van der Waals surface area contributed by atoms with Gasteiger partial charge in [-0.1, -0.05) is 16.9 Å². The molecule has 0 radical (unpaired) electrons. The molecule has 4 N–H and O–H groups in total. The van der Waals surface area contributed by atoms with Crippen LogP contribution in [0.4, 0.5) is 9.52 Å². The van der Waals surface area contributed by atoms with Crippen LogP contribution in [0.3, 0.4) is 0 Å². The van der Waals surface area contributed by atoms with Gasteiger partial charge < -0.3 is 21.0 Å². The van der Waals surface area contributed by atoms with Gasteiger partial charge in [-0.05, 0) is 28.5 Å². The van der Waals surface area contributed by atoms with Crippen LogP contribution in [0, 0.1) is 0 Å². The van der Waals surface area contributed by atoms with Crippen molar-refractivity contribution in [1.82, 2.24) is 15.2 Å². The van der Waals surface area contributed by atoms with Crippen molar-refractivity contribution in [1.29, 1.82) is 0 Å². The zero-order valence-electron chi connectivity index (χ0n) is 19.4. The second kappa shape index (κ2) is 11.5. The van der Waals surface area contributed by atoms with E-state index >= 15 is 0 Å². The van der Waals surface area contributed by atoms with Crippen LogP contribution in [0.1, 0.15) is 5.69 Å². The number of rotatable bonds is 9. The van der Waals surface area contributed by atoms with Gasteiger partial charge in [0.25, 0.3) is 18.7 Å². The minimum Gasteiger partial charge on any atom is -0.477 e. The van der Waals surface area contributed by atoms with Crippen LogP contribution in [0.5, 0.6) is 0 Å². The molecule has 2 aliphatic rings. The van der Waals surface area contributed by atoms with Crippen molar-refractivity contribution in [3.05, 3.63) is 61.6 Å². The monoisotopic (exact) mass is 625 g/mol. The van der Waals surface area contributed by atoms with E-state index in [1.807, 2.05) is 11.4 Å². The van der Waals surface area contributed by atoms with E-state index in [4.69, 9.17) is 5.73 Å². The standard InChI is InChI=1S/C22H16FN5O6S5/c23-8-34-27-14(10-7-38-22(24)25-10)18(30)26-15-19(31)28-16(21(32)33)9(6-37-20(15)28)1-3-35-13-5-11(29)17-12(39-13)2-4-36-17/h1-5,7,15,20H,6,8H2,(H2,24,25)(H,26,30)(H,32,33)/t15?,20-/m1/s1. The number of carboxylic acid groups (broad SMARTS) is 1. The molecule has 1 saturated heterocycles. The molecule has 0 saturated carbocycles. The van der Waals surface area contributed by atoms with Crippen LogP contribution in [0.2, 0.25) is 0 Å². The number of carbonyl (C=O) groups excluding carboxylic acids is 2. The number of amides is 2. The number of thiophene rings is 1. The Kier molecular flexibility index (Phi) is 8.03. The molecular formula is C22H16FN5O6S5. The average molecular weight is 626 g/mol. The molecule has 2 amide bonds. The number of nitrogen functional groups attached to an aromatic ring is 1. The van der Waals surface area contributed by atoms with Gasteiger partial charge in [-0.3, -0.25) is 19.3 Å². The Labute approximate surface area is 239 Å². The third-order valence-corrected chi connectivity index (χ3v) is 10.5. The Hall–Kier alpha value is -3.25. The second-order valence-corrected chi connectivity index (χ2v) is 13.0. The molecule has 2 atom stereocenters. The number of nitrogens with zero attached hydrogens (tertiary/aromatic N) is 3. The van der Waals surface area contributed by atoms with Crippen molar-refractivity contribution in [3.8, 4) is 0 Å². The highest BCUT2D eigenvalue weighted by atomic mass is 32.2. The molecular weight excluding hydrogens is 610 g/mol. The lowest BCUT2D eigenvalue weighted by Gasteiger charge is -2.49. The van der Waals surface area contributed by atoms with Crippen LogP contribution < -0.4 is 16.5 Å². The number of nitrogens with one attached hydrogen (secondary N) is 1. The summed E-state index contributed by atoms with van der Waals surface area (Å²) in [4.78, 5) is 59.6. The number of oxime groups is 1. The Bertz CT molecular complexity index is 1630. The summed E-state index contributed by atoms with van der Waals surface area (Å²) in [6.07, 6.45) is 1.61. The van der Waals surface area contributed by atoms with Gasteiger partial charge in [-0.15, -0.1) is 45.8 Å².